The average molecular weight is 351 g/mol. The van der Waals surface area contributed by atoms with E-state index in [2.05, 4.69) is 29.0 Å². The molecule has 2 heterocycles. The molecule has 1 saturated heterocycles. The van der Waals surface area contributed by atoms with Crippen LogP contribution in [0.25, 0.3) is 6.08 Å². The van der Waals surface area contributed by atoms with Gasteiger partial charge in [-0.3, -0.25) is 14.7 Å². The summed E-state index contributed by atoms with van der Waals surface area (Å²) >= 11 is 1.40. The van der Waals surface area contributed by atoms with Crippen LogP contribution in [0.1, 0.15) is 30.9 Å². The van der Waals surface area contributed by atoms with Crippen molar-refractivity contribution in [3.63, 3.8) is 0 Å². The van der Waals surface area contributed by atoms with Crippen LogP contribution in [-0.2, 0) is 11.2 Å². The Labute approximate surface area is 152 Å². The van der Waals surface area contributed by atoms with Gasteiger partial charge in [-0.15, -0.1) is 0 Å². The van der Waals surface area contributed by atoms with Gasteiger partial charge in [0.2, 0.25) is 0 Å². The summed E-state index contributed by atoms with van der Waals surface area (Å²) in [7, 11) is 1.76. The first-order chi connectivity index (χ1) is 12.2. The van der Waals surface area contributed by atoms with Gasteiger partial charge in [0.25, 0.3) is 5.91 Å². The highest BCUT2D eigenvalue weighted by Gasteiger charge is 2.30. The SMILES string of the molecule is CCCCc1ccc(N=C2S/C(=C\c3ccncc3)C(=O)N2C)cc1. The van der Waals surface area contributed by atoms with Gasteiger partial charge in [-0.1, -0.05) is 25.5 Å². The van der Waals surface area contributed by atoms with Crippen LogP contribution in [0.4, 0.5) is 5.69 Å². The number of aliphatic imine (C=N–C) groups is 1. The maximum Gasteiger partial charge on any atom is 0.266 e. The van der Waals surface area contributed by atoms with Crippen LogP contribution < -0.4 is 0 Å². The molecule has 5 heteroatoms. The minimum Gasteiger partial charge on any atom is -0.290 e. The van der Waals surface area contributed by atoms with Crippen molar-refractivity contribution in [1.82, 2.24) is 9.88 Å². The van der Waals surface area contributed by atoms with E-state index in [1.807, 2.05) is 30.3 Å². The Morgan fingerprint density at radius 3 is 2.56 bits per heavy atom. The van der Waals surface area contributed by atoms with E-state index in [-0.39, 0.29) is 5.91 Å². The van der Waals surface area contributed by atoms with Gasteiger partial charge >= 0.3 is 0 Å². The summed E-state index contributed by atoms with van der Waals surface area (Å²) in [6, 6.07) is 12.0. The number of amides is 1. The molecule has 0 spiro atoms. The average Bonchev–Trinajstić information content (AvgIpc) is 2.90. The molecule has 1 amide bonds. The summed E-state index contributed by atoms with van der Waals surface area (Å²) in [5.41, 5.74) is 3.15. The minimum absolute atomic E-state index is 0.0277. The number of carbonyl (C=O) groups excluding carboxylic acids is 1. The van der Waals surface area contributed by atoms with Crippen molar-refractivity contribution in [2.45, 2.75) is 26.2 Å². The summed E-state index contributed by atoms with van der Waals surface area (Å²) in [6.07, 6.45) is 8.80. The highest BCUT2D eigenvalue weighted by molar-refractivity contribution is 8.18. The maximum atomic E-state index is 12.4. The van der Waals surface area contributed by atoms with E-state index < -0.39 is 0 Å². The molecule has 1 aromatic heterocycles. The zero-order valence-electron chi connectivity index (χ0n) is 14.5. The highest BCUT2D eigenvalue weighted by atomic mass is 32.2. The lowest BCUT2D eigenvalue weighted by atomic mass is 10.1. The number of likely N-dealkylation sites (N-methyl/N-ethyl adjacent to an activating group) is 1. The first kappa shape index (κ1) is 17.4. The number of aromatic nitrogens is 1. The molecule has 1 fully saturated rings. The zero-order chi connectivity index (χ0) is 17.6. The number of aryl methyl sites for hydroxylation is 1. The molecule has 1 aliphatic heterocycles. The Kier molecular flexibility index (Phi) is 5.66. The van der Waals surface area contributed by atoms with E-state index in [9.17, 15) is 4.79 Å². The van der Waals surface area contributed by atoms with Crippen molar-refractivity contribution in [3.8, 4) is 0 Å². The van der Waals surface area contributed by atoms with Crippen LogP contribution in [0.15, 0.2) is 58.7 Å². The molecule has 0 aliphatic carbocycles. The molecule has 0 unspecified atom stereocenters. The van der Waals surface area contributed by atoms with Crippen molar-refractivity contribution in [2.24, 2.45) is 4.99 Å². The van der Waals surface area contributed by atoms with Gasteiger partial charge in [-0.05, 0) is 66.1 Å². The van der Waals surface area contributed by atoms with Crippen molar-refractivity contribution in [3.05, 3.63) is 64.8 Å². The summed E-state index contributed by atoms with van der Waals surface area (Å²) in [5, 5.41) is 0.701. The van der Waals surface area contributed by atoms with Gasteiger partial charge in [-0.25, -0.2) is 4.99 Å². The fourth-order valence-corrected chi connectivity index (χ4v) is 3.48. The molecule has 25 heavy (non-hydrogen) atoms. The molecule has 3 rings (SSSR count). The number of pyridine rings is 1. The lowest BCUT2D eigenvalue weighted by Gasteiger charge is -2.07. The van der Waals surface area contributed by atoms with E-state index in [4.69, 9.17) is 0 Å². The Balaban J connectivity index is 1.77. The van der Waals surface area contributed by atoms with Crippen LogP contribution in [0.3, 0.4) is 0 Å². The van der Waals surface area contributed by atoms with Crippen molar-refractivity contribution >= 4 is 34.6 Å². The monoisotopic (exact) mass is 351 g/mol. The Hall–Kier alpha value is -2.40. The number of benzene rings is 1. The van der Waals surface area contributed by atoms with E-state index >= 15 is 0 Å². The number of unbranched alkanes of at least 4 members (excludes halogenated alkanes) is 1. The predicted molar refractivity (Wildman–Crippen MR) is 105 cm³/mol. The second kappa shape index (κ2) is 8.12. The topological polar surface area (TPSA) is 45.6 Å². The largest absolute Gasteiger partial charge is 0.290 e. The second-order valence-corrected chi connectivity index (χ2v) is 6.93. The summed E-state index contributed by atoms with van der Waals surface area (Å²) in [5.74, 6) is -0.0277. The van der Waals surface area contributed by atoms with E-state index in [1.165, 1.54) is 30.2 Å². The molecule has 0 N–H and O–H groups in total. The summed E-state index contributed by atoms with van der Waals surface area (Å²) in [4.78, 5) is 23.3. The number of hydrogen-bond donors (Lipinski definition) is 0. The van der Waals surface area contributed by atoms with Crippen molar-refractivity contribution < 1.29 is 4.79 Å². The number of hydrogen-bond acceptors (Lipinski definition) is 4. The second-order valence-electron chi connectivity index (χ2n) is 5.92. The van der Waals surface area contributed by atoms with Crippen molar-refractivity contribution in [1.29, 1.82) is 0 Å². The third-order valence-electron chi connectivity index (χ3n) is 3.99. The molecular formula is C20H21N3OS. The van der Waals surface area contributed by atoms with Crippen LogP contribution in [0, 0.1) is 0 Å². The lowest BCUT2D eigenvalue weighted by Crippen LogP contribution is -2.23. The molecule has 0 radical (unpaired) electrons. The smallest absolute Gasteiger partial charge is 0.266 e. The lowest BCUT2D eigenvalue weighted by molar-refractivity contribution is -0.121. The van der Waals surface area contributed by atoms with Crippen LogP contribution >= 0.6 is 11.8 Å². The van der Waals surface area contributed by atoms with Gasteiger partial charge in [0.15, 0.2) is 5.17 Å². The van der Waals surface area contributed by atoms with Crippen LogP contribution in [-0.4, -0.2) is 28.0 Å². The molecule has 128 valence electrons. The van der Waals surface area contributed by atoms with Gasteiger partial charge in [0, 0.05) is 19.4 Å². The molecule has 0 atom stereocenters. The van der Waals surface area contributed by atoms with Crippen LogP contribution in [0.2, 0.25) is 0 Å². The number of nitrogens with zero attached hydrogens (tertiary/aromatic N) is 3. The molecule has 0 saturated carbocycles. The number of carbonyl (C=O) groups is 1. The Morgan fingerprint density at radius 1 is 1.16 bits per heavy atom. The molecule has 4 nitrogen and oxygen atoms in total. The van der Waals surface area contributed by atoms with Gasteiger partial charge in [0.1, 0.15) is 0 Å². The standard InChI is InChI=1S/C20H21N3OS/c1-3-4-5-15-6-8-17(9-7-15)22-20-23(2)19(24)18(25-20)14-16-10-12-21-13-11-16/h6-14H,3-5H2,1-2H3/b18-14-,22-20?. The first-order valence-corrected chi connectivity index (χ1v) is 9.24. The molecule has 2 aromatic rings. The quantitative estimate of drug-likeness (QED) is 0.736. The summed E-state index contributed by atoms with van der Waals surface area (Å²) in [6.45, 7) is 2.20. The number of thioether (sulfide) groups is 1. The maximum absolute atomic E-state index is 12.4. The predicted octanol–water partition coefficient (Wildman–Crippen LogP) is 4.66. The van der Waals surface area contributed by atoms with E-state index in [0.29, 0.717) is 10.1 Å². The van der Waals surface area contributed by atoms with Gasteiger partial charge < -0.3 is 0 Å². The van der Waals surface area contributed by atoms with E-state index in [0.717, 1.165) is 17.7 Å². The van der Waals surface area contributed by atoms with Crippen molar-refractivity contribution in [2.75, 3.05) is 7.05 Å². The molecule has 0 bridgehead atoms. The highest BCUT2D eigenvalue weighted by Crippen LogP contribution is 2.33. The van der Waals surface area contributed by atoms with Gasteiger partial charge in [0.05, 0.1) is 10.6 Å². The fourth-order valence-electron chi connectivity index (χ4n) is 2.49. The van der Waals surface area contributed by atoms with Crippen LogP contribution in [0.5, 0.6) is 0 Å². The Bertz CT molecular complexity index is 797. The Morgan fingerprint density at radius 2 is 1.88 bits per heavy atom. The third kappa shape index (κ3) is 4.37. The van der Waals surface area contributed by atoms with Gasteiger partial charge in [-0.2, -0.15) is 0 Å². The normalized spacial score (nSPS) is 17.7. The first-order valence-electron chi connectivity index (χ1n) is 8.42. The zero-order valence-corrected chi connectivity index (χ0v) is 15.3. The molecular weight excluding hydrogens is 330 g/mol. The molecule has 1 aliphatic rings. The fraction of sp³-hybridized carbons (Fsp3) is 0.250. The minimum atomic E-state index is -0.0277. The number of rotatable bonds is 5. The van der Waals surface area contributed by atoms with E-state index in [1.54, 1.807) is 24.3 Å². The molecule has 1 aromatic carbocycles. The third-order valence-corrected chi connectivity index (χ3v) is 5.05. The summed E-state index contributed by atoms with van der Waals surface area (Å²) < 4.78 is 0. The number of amidine groups is 1.